The molecule has 1 fully saturated rings. The molecule has 0 aliphatic carbocycles. The fourth-order valence-corrected chi connectivity index (χ4v) is 4.67. The Labute approximate surface area is 189 Å². The van der Waals surface area contributed by atoms with Gasteiger partial charge in [-0.25, -0.2) is 4.79 Å². The van der Waals surface area contributed by atoms with Gasteiger partial charge in [0.2, 0.25) is 0 Å². The molecule has 0 radical (unpaired) electrons. The maximum atomic E-state index is 11.8. The van der Waals surface area contributed by atoms with Crippen LogP contribution in [0.25, 0.3) is 0 Å². The highest BCUT2D eigenvalue weighted by Gasteiger charge is 2.40. The number of hydrogen-bond donors (Lipinski definition) is 1. The Morgan fingerprint density at radius 2 is 1.90 bits per heavy atom. The number of nitrogens with zero attached hydrogens (tertiary/aromatic N) is 2. The van der Waals surface area contributed by atoms with E-state index in [2.05, 4.69) is 56.9 Å². The second kappa shape index (κ2) is 9.07. The van der Waals surface area contributed by atoms with Crippen LogP contribution in [0.15, 0.2) is 42.5 Å². The Morgan fingerprint density at radius 1 is 1.17 bits per heavy atom. The van der Waals surface area contributed by atoms with Gasteiger partial charge >= 0.3 is 6.09 Å². The molecule has 1 heterocycles. The number of aryl methyl sites for hydroxylation is 1. The van der Waals surface area contributed by atoms with Crippen molar-refractivity contribution in [3.8, 4) is 0 Å². The first-order chi connectivity index (χ1) is 14.1. The molecule has 1 aliphatic rings. The van der Waals surface area contributed by atoms with E-state index in [9.17, 15) is 9.90 Å². The van der Waals surface area contributed by atoms with Crippen LogP contribution in [0.5, 0.6) is 0 Å². The summed E-state index contributed by atoms with van der Waals surface area (Å²) in [5.74, 6) is 0. The Balaban J connectivity index is 1.95. The number of anilines is 1. The first kappa shape index (κ1) is 22.8. The second-order valence-electron chi connectivity index (χ2n) is 9.25. The van der Waals surface area contributed by atoms with Crippen LogP contribution in [0.3, 0.4) is 0 Å². The third kappa shape index (κ3) is 5.22. The molecule has 4 nitrogen and oxygen atoms in total. The highest BCUT2D eigenvalue weighted by molar-refractivity contribution is 6.42. The molecule has 2 aromatic carbocycles. The summed E-state index contributed by atoms with van der Waals surface area (Å²) in [5.41, 5.74) is 3.28. The van der Waals surface area contributed by atoms with Gasteiger partial charge in [-0.15, -0.1) is 0 Å². The number of halogens is 2. The van der Waals surface area contributed by atoms with E-state index in [0.29, 0.717) is 23.1 Å². The van der Waals surface area contributed by atoms with E-state index in [-0.39, 0.29) is 17.5 Å². The minimum atomic E-state index is -0.833. The lowest BCUT2D eigenvalue weighted by molar-refractivity contribution is 0.0520. The smallest absolute Gasteiger partial charge is 0.407 e. The molecule has 1 saturated heterocycles. The Bertz CT molecular complexity index is 910. The molecule has 0 bridgehead atoms. The lowest BCUT2D eigenvalue weighted by atomic mass is 9.78. The van der Waals surface area contributed by atoms with Crippen LogP contribution in [0.4, 0.5) is 10.5 Å². The predicted molar refractivity (Wildman–Crippen MR) is 125 cm³/mol. The number of rotatable bonds is 4. The molecule has 162 valence electrons. The zero-order valence-corrected chi connectivity index (χ0v) is 19.5. The average Bonchev–Trinajstić information content (AvgIpc) is 2.67. The standard InChI is InChI=1S/C24H30Cl2N2O2/c1-16-6-5-7-18(12-16)28(15-17-8-9-20(25)21(26)13-17)19-10-11-27(23(29)30)22(14-19)24(2,3)4/h5-9,12-13,19,22H,10-11,14-15H2,1-4H3,(H,29,30). The number of hydrogen-bond acceptors (Lipinski definition) is 2. The number of likely N-dealkylation sites (tertiary alicyclic amines) is 1. The van der Waals surface area contributed by atoms with Crippen LogP contribution in [-0.4, -0.2) is 34.7 Å². The van der Waals surface area contributed by atoms with Crippen LogP contribution in [-0.2, 0) is 6.54 Å². The maximum absolute atomic E-state index is 11.8. The number of carbonyl (C=O) groups is 1. The highest BCUT2D eigenvalue weighted by Crippen LogP contribution is 2.36. The molecule has 0 spiro atoms. The van der Waals surface area contributed by atoms with Crippen LogP contribution in [0.2, 0.25) is 10.0 Å². The van der Waals surface area contributed by atoms with Crippen LogP contribution < -0.4 is 4.90 Å². The molecule has 2 atom stereocenters. The minimum Gasteiger partial charge on any atom is -0.465 e. The summed E-state index contributed by atoms with van der Waals surface area (Å²) in [5, 5.41) is 10.8. The van der Waals surface area contributed by atoms with Gasteiger partial charge in [-0.2, -0.15) is 0 Å². The minimum absolute atomic E-state index is 0.0464. The van der Waals surface area contributed by atoms with Gasteiger partial charge in [0.15, 0.2) is 0 Å². The maximum Gasteiger partial charge on any atom is 0.407 e. The summed E-state index contributed by atoms with van der Waals surface area (Å²) in [6.07, 6.45) is 0.735. The van der Waals surface area contributed by atoms with Crippen molar-refractivity contribution in [2.75, 3.05) is 11.4 Å². The van der Waals surface area contributed by atoms with Gasteiger partial charge in [-0.05, 0) is 60.6 Å². The van der Waals surface area contributed by atoms with Gasteiger partial charge in [-0.1, -0.05) is 62.2 Å². The first-order valence-electron chi connectivity index (χ1n) is 10.3. The van der Waals surface area contributed by atoms with E-state index < -0.39 is 6.09 Å². The lowest BCUT2D eigenvalue weighted by Gasteiger charge is -2.48. The summed E-state index contributed by atoms with van der Waals surface area (Å²) in [6, 6.07) is 14.4. The molecule has 1 aliphatic heterocycles. The van der Waals surface area contributed by atoms with Gasteiger partial charge in [0.1, 0.15) is 0 Å². The van der Waals surface area contributed by atoms with Crippen molar-refractivity contribution in [2.45, 2.75) is 59.2 Å². The van der Waals surface area contributed by atoms with Crippen molar-refractivity contribution in [1.29, 1.82) is 0 Å². The third-order valence-corrected chi connectivity index (χ3v) is 6.67. The van der Waals surface area contributed by atoms with Gasteiger partial charge in [-0.3, -0.25) is 0 Å². The number of benzene rings is 2. The second-order valence-corrected chi connectivity index (χ2v) is 10.1. The SMILES string of the molecule is Cc1cccc(N(Cc2ccc(Cl)c(Cl)c2)C2CCN(C(=O)O)C(C(C)(C)C)C2)c1. The number of carboxylic acid groups (broad SMARTS) is 1. The summed E-state index contributed by atoms with van der Waals surface area (Å²) >= 11 is 12.4. The monoisotopic (exact) mass is 448 g/mol. The summed E-state index contributed by atoms with van der Waals surface area (Å²) in [7, 11) is 0. The van der Waals surface area contributed by atoms with Crippen molar-refractivity contribution < 1.29 is 9.90 Å². The predicted octanol–water partition coefficient (Wildman–Crippen LogP) is 6.87. The van der Waals surface area contributed by atoms with E-state index in [0.717, 1.165) is 24.1 Å². The highest BCUT2D eigenvalue weighted by atomic mass is 35.5. The molecule has 3 rings (SSSR count). The Morgan fingerprint density at radius 3 is 2.50 bits per heavy atom. The van der Waals surface area contributed by atoms with Gasteiger partial charge in [0.05, 0.1) is 10.0 Å². The van der Waals surface area contributed by atoms with E-state index in [1.807, 2.05) is 18.2 Å². The van der Waals surface area contributed by atoms with Crippen LogP contribution >= 0.6 is 23.2 Å². The quantitative estimate of drug-likeness (QED) is 0.554. The van der Waals surface area contributed by atoms with E-state index >= 15 is 0 Å². The Hall–Kier alpha value is -1.91. The summed E-state index contributed by atoms with van der Waals surface area (Å²) in [6.45, 7) is 9.66. The third-order valence-electron chi connectivity index (χ3n) is 5.93. The average molecular weight is 449 g/mol. The lowest BCUT2D eigenvalue weighted by Crippen LogP contribution is -2.56. The van der Waals surface area contributed by atoms with Crippen molar-refractivity contribution in [3.05, 3.63) is 63.6 Å². The van der Waals surface area contributed by atoms with E-state index in [1.54, 1.807) is 4.90 Å². The molecule has 30 heavy (non-hydrogen) atoms. The fraction of sp³-hybridized carbons (Fsp3) is 0.458. The Kier molecular flexibility index (Phi) is 6.88. The first-order valence-corrected chi connectivity index (χ1v) is 11.1. The zero-order valence-electron chi connectivity index (χ0n) is 18.0. The van der Waals surface area contributed by atoms with Crippen LogP contribution in [0.1, 0.15) is 44.7 Å². The molecule has 6 heteroatoms. The van der Waals surface area contributed by atoms with Gasteiger partial charge < -0.3 is 14.9 Å². The topological polar surface area (TPSA) is 43.8 Å². The van der Waals surface area contributed by atoms with Crippen molar-refractivity contribution >= 4 is 35.0 Å². The van der Waals surface area contributed by atoms with Crippen molar-refractivity contribution in [2.24, 2.45) is 5.41 Å². The molecule has 2 aromatic rings. The van der Waals surface area contributed by atoms with Crippen LogP contribution in [0, 0.1) is 12.3 Å². The van der Waals surface area contributed by atoms with Gasteiger partial charge in [0.25, 0.3) is 0 Å². The number of piperidine rings is 1. The zero-order chi connectivity index (χ0) is 22.1. The molecule has 0 saturated carbocycles. The molecular formula is C24H30Cl2N2O2. The van der Waals surface area contributed by atoms with Gasteiger partial charge in [0, 0.05) is 30.9 Å². The van der Waals surface area contributed by atoms with E-state index in [1.165, 1.54) is 5.56 Å². The van der Waals surface area contributed by atoms with Crippen molar-refractivity contribution in [3.63, 3.8) is 0 Å². The molecule has 1 N–H and O–H groups in total. The molecule has 2 unspecified atom stereocenters. The largest absolute Gasteiger partial charge is 0.465 e. The number of amides is 1. The molecular weight excluding hydrogens is 419 g/mol. The summed E-state index contributed by atoms with van der Waals surface area (Å²) in [4.78, 5) is 15.9. The van der Waals surface area contributed by atoms with E-state index in [4.69, 9.17) is 23.2 Å². The molecule has 0 aromatic heterocycles. The van der Waals surface area contributed by atoms with Crippen molar-refractivity contribution in [1.82, 2.24) is 4.90 Å². The summed E-state index contributed by atoms with van der Waals surface area (Å²) < 4.78 is 0. The normalized spacial score (nSPS) is 19.6. The fourth-order valence-electron chi connectivity index (χ4n) is 4.35. The molecule has 1 amide bonds.